The summed E-state index contributed by atoms with van der Waals surface area (Å²) in [5.74, 6) is 0.0888. The van der Waals surface area contributed by atoms with Crippen molar-refractivity contribution in [2.75, 3.05) is 7.05 Å². The first-order valence-corrected chi connectivity index (χ1v) is 8.63. The molecule has 0 radical (unpaired) electrons. The monoisotopic (exact) mass is 405 g/mol. The number of rotatable bonds is 7. The van der Waals surface area contributed by atoms with Crippen LogP contribution in [-0.4, -0.2) is 13.3 Å². The molecule has 28 heavy (non-hydrogen) atoms. The van der Waals surface area contributed by atoms with Crippen LogP contribution < -0.4 is 5.32 Å². The van der Waals surface area contributed by atoms with Gasteiger partial charge in [0.2, 0.25) is 0 Å². The number of benzene rings is 2. The Balaban J connectivity index is 2.13. The van der Waals surface area contributed by atoms with E-state index in [1.54, 1.807) is 7.05 Å². The van der Waals surface area contributed by atoms with Gasteiger partial charge < -0.3 is 4.74 Å². The van der Waals surface area contributed by atoms with E-state index in [1.807, 2.05) is 37.3 Å². The molecular formula is C20H21F6NO. The molecule has 2 aromatic carbocycles. The van der Waals surface area contributed by atoms with Crippen LogP contribution in [0, 0.1) is 0 Å². The molecule has 8 heteroatoms. The highest BCUT2D eigenvalue weighted by molar-refractivity contribution is 5.33. The lowest BCUT2D eigenvalue weighted by molar-refractivity contribution is -0.143. The third kappa shape index (κ3) is 6.24. The van der Waals surface area contributed by atoms with Crippen LogP contribution in [0.25, 0.3) is 0 Å². The highest BCUT2D eigenvalue weighted by atomic mass is 19.4. The Kier molecular flexibility index (Phi) is 7.11. The average Bonchev–Trinajstić information content (AvgIpc) is 2.64. The summed E-state index contributed by atoms with van der Waals surface area (Å²) in [6.45, 7) is 1.59. The van der Waals surface area contributed by atoms with Crippen LogP contribution in [0.2, 0.25) is 0 Å². The van der Waals surface area contributed by atoms with Gasteiger partial charge in [0.15, 0.2) is 0 Å². The van der Waals surface area contributed by atoms with E-state index in [1.165, 1.54) is 0 Å². The summed E-state index contributed by atoms with van der Waals surface area (Å²) in [6.07, 6.45) is -9.77. The molecule has 0 spiro atoms. The lowest BCUT2D eigenvalue weighted by Gasteiger charge is -2.22. The number of ether oxygens (including phenoxy) is 1. The quantitative estimate of drug-likeness (QED) is 0.452. The number of hydrogen-bond donors (Lipinski definition) is 1. The molecule has 1 N–H and O–H groups in total. The van der Waals surface area contributed by atoms with Gasteiger partial charge in [-0.3, -0.25) is 5.32 Å². The Hall–Kier alpha value is -2.06. The largest absolute Gasteiger partial charge is 0.416 e. The summed E-state index contributed by atoms with van der Waals surface area (Å²) < 4.78 is 83.2. The van der Waals surface area contributed by atoms with Crippen molar-refractivity contribution in [3.8, 4) is 0 Å². The third-order valence-corrected chi connectivity index (χ3v) is 4.36. The number of halogens is 6. The van der Waals surface area contributed by atoms with Crippen LogP contribution >= 0.6 is 0 Å². The Morgan fingerprint density at radius 3 is 1.89 bits per heavy atom. The van der Waals surface area contributed by atoms with Crippen molar-refractivity contribution in [2.24, 2.45) is 0 Å². The SMILES string of the molecule is CNC(CC(C)c1ccccc1)OCc1cc(C(F)(F)F)cc(C(F)(F)F)c1. The molecule has 2 atom stereocenters. The van der Waals surface area contributed by atoms with Crippen LogP contribution in [0.3, 0.4) is 0 Å². The van der Waals surface area contributed by atoms with E-state index < -0.39 is 29.7 Å². The second-order valence-electron chi connectivity index (χ2n) is 6.55. The van der Waals surface area contributed by atoms with Gasteiger partial charge in [0, 0.05) is 0 Å². The fraction of sp³-hybridized carbons (Fsp3) is 0.400. The van der Waals surface area contributed by atoms with Crippen LogP contribution in [-0.2, 0) is 23.7 Å². The van der Waals surface area contributed by atoms with E-state index in [0.717, 1.165) is 5.56 Å². The molecule has 0 saturated carbocycles. The van der Waals surface area contributed by atoms with Gasteiger partial charge in [0.05, 0.1) is 17.7 Å². The molecule has 0 aliphatic carbocycles. The minimum Gasteiger partial charge on any atom is -0.359 e. The Morgan fingerprint density at radius 1 is 0.893 bits per heavy atom. The maximum atomic E-state index is 12.9. The number of hydrogen-bond acceptors (Lipinski definition) is 2. The fourth-order valence-electron chi connectivity index (χ4n) is 2.81. The van der Waals surface area contributed by atoms with Crippen molar-refractivity contribution in [3.05, 3.63) is 70.8 Å². The first kappa shape index (κ1) is 22.2. The summed E-state index contributed by atoms with van der Waals surface area (Å²) >= 11 is 0. The molecule has 154 valence electrons. The number of nitrogens with one attached hydrogen (secondary N) is 1. The van der Waals surface area contributed by atoms with Crippen molar-refractivity contribution in [1.29, 1.82) is 0 Å². The van der Waals surface area contributed by atoms with Crippen LogP contribution in [0.15, 0.2) is 48.5 Å². The first-order chi connectivity index (χ1) is 13.0. The van der Waals surface area contributed by atoms with E-state index in [0.29, 0.717) is 18.6 Å². The Bertz CT molecular complexity index is 725. The zero-order chi connectivity index (χ0) is 20.9. The molecule has 0 saturated heterocycles. The molecular weight excluding hydrogens is 384 g/mol. The van der Waals surface area contributed by atoms with E-state index >= 15 is 0 Å². The van der Waals surface area contributed by atoms with Crippen molar-refractivity contribution in [2.45, 2.75) is 44.4 Å². The molecule has 0 amide bonds. The minimum absolute atomic E-state index is 0.0888. The van der Waals surface area contributed by atoms with E-state index in [4.69, 9.17) is 4.74 Å². The summed E-state index contributed by atoms with van der Waals surface area (Å²) in [4.78, 5) is 0. The van der Waals surface area contributed by atoms with Gasteiger partial charge in [-0.2, -0.15) is 26.3 Å². The minimum atomic E-state index is -4.87. The predicted octanol–water partition coefficient (Wildman–Crippen LogP) is 5.98. The molecule has 2 nitrogen and oxygen atoms in total. The summed E-state index contributed by atoms with van der Waals surface area (Å²) in [5, 5.41) is 2.90. The molecule has 2 aromatic rings. The molecule has 0 aliphatic rings. The van der Waals surface area contributed by atoms with E-state index in [9.17, 15) is 26.3 Å². The average molecular weight is 405 g/mol. The Morgan fingerprint density at radius 2 is 1.43 bits per heavy atom. The Labute approximate surface area is 159 Å². The lowest BCUT2D eigenvalue weighted by atomic mass is 9.97. The summed E-state index contributed by atoms with van der Waals surface area (Å²) in [6, 6.07) is 11.0. The molecule has 0 aliphatic heterocycles. The van der Waals surface area contributed by atoms with E-state index in [2.05, 4.69) is 5.32 Å². The molecule has 0 heterocycles. The van der Waals surface area contributed by atoms with Crippen molar-refractivity contribution >= 4 is 0 Å². The summed E-state index contributed by atoms with van der Waals surface area (Å²) in [5.41, 5.74) is -1.82. The van der Waals surface area contributed by atoms with E-state index in [-0.39, 0.29) is 24.2 Å². The van der Waals surface area contributed by atoms with Crippen molar-refractivity contribution in [1.82, 2.24) is 5.32 Å². The second-order valence-corrected chi connectivity index (χ2v) is 6.55. The molecule has 2 rings (SSSR count). The smallest absolute Gasteiger partial charge is 0.359 e. The highest BCUT2D eigenvalue weighted by Crippen LogP contribution is 2.36. The van der Waals surface area contributed by atoms with Crippen molar-refractivity contribution < 1.29 is 31.1 Å². The molecule has 0 fully saturated rings. The maximum Gasteiger partial charge on any atom is 0.416 e. The number of alkyl halides is 6. The lowest BCUT2D eigenvalue weighted by Crippen LogP contribution is -2.29. The van der Waals surface area contributed by atoms with Crippen LogP contribution in [0.5, 0.6) is 0 Å². The van der Waals surface area contributed by atoms with Crippen LogP contribution in [0.4, 0.5) is 26.3 Å². The zero-order valence-corrected chi connectivity index (χ0v) is 15.4. The van der Waals surface area contributed by atoms with Gasteiger partial charge >= 0.3 is 12.4 Å². The second kappa shape index (κ2) is 8.96. The van der Waals surface area contributed by atoms with Crippen LogP contribution in [0.1, 0.15) is 41.5 Å². The zero-order valence-electron chi connectivity index (χ0n) is 15.4. The van der Waals surface area contributed by atoms with Gasteiger partial charge in [-0.25, -0.2) is 0 Å². The third-order valence-electron chi connectivity index (χ3n) is 4.36. The van der Waals surface area contributed by atoms with Gasteiger partial charge in [0.1, 0.15) is 6.23 Å². The standard InChI is InChI=1S/C20H21F6NO/c1-13(15-6-4-3-5-7-15)8-18(27-2)28-12-14-9-16(19(21,22)23)11-17(10-14)20(24,25)26/h3-7,9-11,13,18,27H,8,12H2,1-2H3. The van der Waals surface area contributed by atoms with Crippen molar-refractivity contribution in [3.63, 3.8) is 0 Å². The molecule has 2 unspecified atom stereocenters. The molecule has 0 aromatic heterocycles. The molecule has 0 bridgehead atoms. The van der Waals surface area contributed by atoms with Gasteiger partial charge in [-0.1, -0.05) is 37.3 Å². The topological polar surface area (TPSA) is 21.3 Å². The van der Waals surface area contributed by atoms with Gasteiger partial charge in [-0.15, -0.1) is 0 Å². The first-order valence-electron chi connectivity index (χ1n) is 8.63. The highest BCUT2D eigenvalue weighted by Gasteiger charge is 2.36. The van der Waals surface area contributed by atoms with Gasteiger partial charge in [0.25, 0.3) is 0 Å². The summed E-state index contributed by atoms with van der Waals surface area (Å²) in [7, 11) is 1.62. The fourth-order valence-corrected chi connectivity index (χ4v) is 2.81. The maximum absolute atomic E-state index is 12.9. The van der Waals surface area contributed by atoms with Gasteiger partial charge in [-0.05, 0) is 48.7 Å². The normalized spacial score (nSPS) is 14.7. The predicted molar refractivity (Wildman–Crippen MR) is 93.6 cm³/mol.